The van der Waals surface area contributed by atoms with E-state index in [1.54, 1.807) is 19.4 Å². The van der Waals surface area contributed by atoms with Crippen molar-refractivity contribution in [2.45, 2.75) is 0 Å². The minimum absolute atomic E-state index is 0.272. The number of methoxy groups -OCH3 is 1. The fourth-order valence-electron chi connectivity index (χ4n) is 2.13. The summed E-state index contributed by atoms with van der Waals surface area (Å²) in [6.45, 7) is 0. The number of hydrogen-bond donors (Lipinski definition) is 0. The fourth-order valence-corrected chi connectivity index (χ4v) is 2.32. The van der Waals surface area contributed by atoms with Crippen LogP contribution in [-0.2, 0) is 0 Å². The molecule has 0 aliphatic carbocycles. The van der Waals surface area contributed by atoms with Gasteiger partial charge >= 0.3 is 0 Å². The predicted molar refractivity (Wildman–Crippen MR) is 82.3 cm³/mol. The van der Waals surface area contributed by atoms with Crippen molar-refractivity contribution in [3.63, 3.8) is 0 Å². The van der Waals surface area contributed by atoms with Crippen molar-refractivity contribution >= 4 is 22.5 Å². The second kappa shape index (κ2) is 5.39. The highest BCUT2D eigenvalue weighted by Gasteiger charge is 2.14. The quantitative estimate of drug-likeness (QED) is 0.680. The molecular weight excluding hydrogens is 286 g/mol. The van der Waals surface area contributed by atoms with Crippen molar-refractivity contribution in [3.8, 4) is 29.4 Å². The number of rotatable bonds is 2. The molecule has 102 valence electrons. The van der Waals surface area contributed by atoms with Gasteiger partial charge in [0.2, 0.25) is 0 Å². The number of halogens is 1. The summed E-state index contributed by atoms with van der Waals surface area (Å²) < 4.78 is 5.40. The number of ether oxygens (including phenoxy) is 1. The lowest BCUT2D eigenvalue weighted by atomic mass is 10.0. The van der Waals surface area contributed by atoms with Crippen LogP contribution in [0.2, 0.25) is 5.15 Å². The fraction of sp³-hybridized carbons (Fsp3) is 0.0625. The lowest BCUT2D eigenvalue weighted by Crippen LogP contribution is -1.96. The largest absolute Gasteiger partial charge is 0.496 e. The molecule has 0 aliphatic heterocycles. The normalized spacial score (nSPS) is 10.3. The highest BCUT2D eigenvalue weighted by molar-refractivity contribution is 6.34. The van der Waals surface area contributed by atoms with Gasteiger partial charge in [0.1, 0.15) is 17.0 Å². The van der Waals surface area contributed by atoms with Crippen molar-refractivity contribution in [1.29, 1.82) is 0 Å². The van der Waals surface area contributed by atoms with Gasteiger partial charge in [-0.1, -0.05) is 17.5 Å². The van der Waals surface area contributed by atoms with Gasteiger partial charge in [0, 0.05) is 22.7 Å². The summed E-state index contributed by atoms with van der Waals surface area (Å²) in [5, 5.41) is 9.23. The second-order valence-corrected chi connectivity index (χ2v) is 4.66. The molecule has 1 aromatic carbocycles. The minimum Gasteiger partial charge on any atom is -0.496 e. The first-order valence-corrected chi connectivity index (χ1v) is 6.54. The average molecular weight is 296 g/mol. The van der Waals surface area contributed by atoms with E-state index in [-0.39, 0.29) is 5.15 Å². The van der Waals surface area contributed by atoms with Crippen LogP contribution in [0.1, 0.15) is 5.56 Å². The number of fused-ring (bicyclic) bond motifs is 1. The SMILES string of the molecule is C#Cc1ccc(-c2nnc(Cl)c3ncccc23)c(OC)c1. The standard InChI is InChI=1S/C16H10ClN3O/c1-3-10-6-7-11(13(9-10)21-2)14-12-5-4-8-18-15(12)16(17)20-19-14/h1,4-9H,2H3. The maximum atomic E-state index is 6.04. The van der Waals surface area contributed by atoms with Gasteiger partial charge in [-0.3, -0.25) is 4.98 Å². The zero-order valence-corrected chi connectivity index (χ0v) is 11.9. The van der Waals surface area contributed by atoms with E-state index in [2.05, 4.69) is 21.1 Å². The van der Waals surface area contributed by atoms with Gasteiger partial charge in [0.15, 0.2) is 5.15 Å². The molecule has 2 aromatic heterocycles. The summed E-state index contributed by atoms with van der Waals surface area (Å²) in [5.41, 5.74) is 2.79. The molecule has 0 atom stereocenters. The maximum Gasteiger partial charge on any atom is 0.177 e. The van der Waals surface area contributed by atoms with Crippen molar-refractivity contribution < 1.29 is 4.74 Å². The van der Waals surface area contributed by atoms with Crippen molar-refractivity contribution in [3.05, 3.63) is 47.2 Å². The van der Waals surface area contributed by atoms with Crippen LogP contribution in [0.4, 0.5) is 0 Å². The van der Waals surface area contributed by atoms with E-state index in [0.717, 1.165) is 16.5 Å². The van der Waals surface area contributed by atoms with Crippen LogP contribution >= 0.6 is 11.6 Å². The van der Waals surface area contributed by atoms with Crippen LogP contribution in [0, 0.1) is 12.3 Å². The average Bonchev–Trinajstić information content (AvgIpc) is 2.55. The zero-order chi connectivity index (χ0) is 14.8. The summed E-state index contributed by atoms with van der Waals surface area (Å²) >= 11 is 6.04. The Kier molecular flexibility index (Phi) is 3.43. The number of terminal acetylenes is 1. The molecule has 21 heavy (non-hydrogen) atoms. The van der Waals surface area contributed by atoms with Crippen LogP contribution in [0.5, 0.6) is 5.75 Å². The smallest absolute Gasteiger partial charge is 0.177 e. The third-order valence-electron chi connectivity index (χ3n) is 3.12. The maximum absolute atomic E-state index is 6.04. The molecule has 0 spiro atoms. The Morgan fingerprint density at radius 2 is 2.10 bits per heavy atom. The van der Waals surface area contributed by atoms with E-state index < -0.39 is 0 Å². The van der Waals surface area contributed by atoms with Gasteiger partial charge in [0.25, 0.3) is 0 Å². The molecule has 0 N–H and O–H groups in total. The Morgan fingerprint density at radius 1 is 1.24 bits per heavy atom. The van der Waals surface area contributed by atoms with Crippen LogP contribution in [0.25, 0.3) is 22.2 Å². The number of pyridine rings is 1. The molecule has 0 saturated carbocycles. The predicted octanol–water partition coefficient (Wildman–Crippen LogP) is 3.34. The summed E-state index contributed by atoms with van der Waals surface area (Å²) in [6.07, 6.45) is 7.08. The first-order valence-electron chi connectivity index (χ1n) is 6.16. The molecule has 0 unspecified atom stereocenters. The first-order chi connectivity index (χ1) is 10.2. The van der Waals surface area contributed by atoms with E-state index >= 15 is 0 Å². The van der Waals surface area contributed by atoms with Crippen molar-refractivity contribution in [2.75, 3.05) is 7.11 Å². The highest BCUT2D eigenvalue weighted by atomic mass is 35.5. The topological polar surface area (TPSA) is 47.9 Å². The Morgan fingerprint density at radius 3 is 2.86 bits per heavy atom. The molecule has 0 bridgehead atoms. The monoisotopic (exact) mass is 295 g/mol. The van der Waals surface area contributed by atoms with Gasteiger partial charge in [-0.15, -0.1) is 16.6 Å². The molecule has 0 aliphatic rings. The third kappa shape index (κ3) is 2.28. The van der Waals surface area contributed by atoms with Gasteiger partial charge in [-0.25, -0.2) is 0 Å². The number of aromatic nitrogens is 3. The van der Waals surface area contributed by atoms with Crippen LogP contribution in [0.15, 0.2) is 36.5 Å². The Labute approximate surface area is 126 Å². The van der Waals surface area contributed by atoms with E-state index in [0.29, 0.717) is 17.0 Å². The van der Waals surface area contributed by atoms with Gasteiger partial charge in [-0.2, -0.15) is 0 Å². The van der Waals surface area contributed by atoms with Crippen LogP contribution in [-0.4, -0.2) is 22.3 Å². The van der Waals surface area contributed by atoms with Crippen LogP contribution < -0.4 is 4.74 Å². The zero-order valence-electron chi connectivity index (χ0n) is 11.2. The van der Waals surface area contributed by atoms with E-state index in [1.807, 2.05) is 24.3 Å². The summed E-state index contributed by atoms with van der Waals surface area (Å²) in [4.78, 5) is 4.25. The number of nitrogens with zero attached hydrogens (tertiary/aromatic N) is 3. The molecule has 3 rings (SSSR count). The first kappa shape index (κ1) is 13.3. The lowest BCUT2D eigenvalue weighted by molar-refractivity contribution is 0.416. The Hall–Kier alpha value is -2.64. The molecule has 4 nitrogen and oxygen atoms in total. The summed E-state index contributed by atoms with van der Waals surface area (Å²) in [6, 6.07) is 9.20. The number of hydrogen-bond acceptors (Lipinski definition) is 4. The van der Waals surface area contributed by atoms with Gasteiger partial charge in [-0.05, 0) is 30.3 Å². The Bertz CT molecular complexity index is 871. The molecule has 5 heteroatoms. The number of benzene rings is 1. The van der Waals surface area contributed by atoms with E-state index in [9.17, 15) is 0 Å². The molecule has 3 aromatic rings. The molecule has 2 heterocycles. The van der Waals surface area contributed by atoms with Gasteiger partial charge < -0.3 is 4.74 Å². The second-order valence-electron chi connectivity index (χ2n) is 4.30. The van der Waals surface area contributed by atoms with Gasteiger partial charge in [0.05, 0.1) is 7.11 Å². The summed E-state index contributed by atoms with van der Waals surface area (Å²) in [7, 11) is 1.59. The summed E-state index contributed by atoms with van der Waals surface area (Å²) in [5.74, 6) is 3.21. The van der Waals surface area contributed by atoms with E-state index in [1.165, 1.54) is 0 Å². The third-order valence-corrected chi connectivity index (χ3v) is 3.37. The van der Waals surface area contributed by atoms with Crippen molar-refractivity contribution in [1.82, 2.24) is 15.2 Å². The van der Waals surface area contributed by atoms with Crippen molar-refractivity contribution in [2.24, 2.45) is 0 Å². The Balaban J connectivity index is 2.31. The molecule has 0 saturated heterocycles. The molecular formula is C16H10ClN3O. The van der Waals surface area contributed by atoms with Crippen LogP contribution in [0.3, 0.4) is 0 Å². The highest BCUT2D eigenvalue weighted by Crippen LogP contribution is 2.34. The molecule has 0 radical (unpaired) electrons. The minimum atomic E-state index is 0.272. The molecule has 0 amide bonds. The van der Waals surface area contributed by atoms with E-state index in [4.69, 9.17) is 22.8 Å². The molecule has 0 fully saturated rings. The lowest BCUT2D eigenvalue weighted by Gasteiger charge is -2.10.